The van der Waals surface area contributed by atoms with Crippen molar-refractivity contribution in [2.24, 2.45) is 5.84 Å². The van der Waals surface area contributed by atoms with Gasteiger partial charge in [0.2, 0.25) is 0 Å². The van der Waals surface area contributed by atoms with Crippen molar-refractivity contribution >= 4 is 11.6 Å². The molecule has 0 bridgehead atoms. The SMILES string of the molecule is Cc1cc(C(Cc2ccc(Cl)cc2)NN)ccn1. The molecule has 0 aliphatic carbocycles. The van der Waals surface area contributed by atoms with Crippen molar-refractivity contribution in [3.63, 3.8) is 0 Å². The fraction of sp³-hybridized carbons (Fsp3) is 0.214. The van der Waals surface area contributed by atoms with Crippen molar-refractivity contribution < 1.29 is 0 Å². The Morgan fingerprint density at radius 2 is 2.00 bits per heavy atom. The first-order chi connectivity index (χ1) is 8.69. The van der Waals surface area contributed by atoms with Gasteiger partial charge in [-0.25, -0.2) is 0 Å². The number of rotatable bonds is 4. The van der Waals surface area contributed by atoms with E-state index >= 15 is 0 Å². The van der Waals surface area contributed by atoms with Crippen LogP contribution in [0, 0.1) is 6.92 Å². The summed E-state index contributed by atoms with van der Waals surface area (Å²) in [4.78, 5) is 4.19. The van der Waals surface area contributed by atoms with Crippen LogP contribution < -0.4 is 11.3 Å². The van der Waals surface area contributed by atoms with E-state index < -0.39 is 0 Å². The van der Waals surface area contributed by atoms with Gasteiger partial charge in [-0.05, 0) is 48.7 Å². The number of hydrogen-bond donors (Lipinski definition) is 2. The van der Waals surface area contributed by atoms with Gasteiger partial charge in [-0.15, -0.1) is 0 Å². The first-order valence-corrected chi connectivity index (χ1v) is 6.20. The Morgan fingerprint density at radius 3 is 2.61 bits per heavy atom. The molecular formula is C14H16ClN3. The summed E-state index contributed by atoms with van der Waals surface area (Å²) < 4.78 is 0. The second kappa shape index (κ2) is 5.96. The van der Waals surface area contributed by atoms with Crippen LogP contribution in [-0.4, -0.2) is 4.98 Å². The van der Waals surface area contributed by atoms with Crippen molar-refractivity contribution in [3.05, 3.63) is 64.4 Å². The molecule has 3 N–H and O–H groups in total. The minimum Gasteiger partial charge on any atom is -0.271 e. The number of hydrazine groups is 1. The quantitative estimate of drug-likeness (QED) is 0.657. The highest BCUT2D eigenvalue weighted by Crippen LogP contribution is 2.19. The maximum atomic E-state index is 5.87. The lowest BCUT2D eigenvalue weighted by Crippen LogP contribution is -2.29. The van der Waals surface area contributed by atoms with Gasteiger partial charge in [0.1, 0.15) is 0 Å². The van der Waals surface area contributed by atoms with Gasteiger partial charge in [0, 0.05) is 16.9 Å². The third kappa shape index (κ3) is 3.29. The molecule has 0 saturated carbocycles. The van der Waals surface area contributed by atoms with Gasteiger partial charge < -0.3 is 0 Å². The summed E-state index contributed by atoms with van der Waals surface area (Å²) in [5.74, 6) is 5.64. The molecule has 1 unspecified atom stereocenters. The van der Waals surface area contributed by atoms with Gasteiger partial charge >= 0.3 is 0 Å². The minimum absolute atomic E-state index is 0.0767. The molecule has 2 rings (SSSR count). The zero-order valence-corrected chi connectivity index (χ0v) is 11.0. The fourth-order valence-corrected chi connectivity index (χ4v) is 2.04. The van der Waals surface area contributed by atoms with Crippen LogP contribution in [0.4, 0.5) is 0 Å². The molecule has 0 aliphatic heterocycles. The summed E-state index contributed by atoms with van der Waals surface area (Å²) in [6.07, 6.45) is 2.62. The topological polar surface area (TPSA) is 50.9 Å². The van der Waals surface area contributed by atoms with E-state index in [4.69, 9.17) is 17.4 Å². The average molecular weight is 262 g/mol. The number of halogens is 1. The number of benzene rings is 1. The molecule has 18 heavy (non-hydrogen) atoms. The molecular weight excluding hydrogens is 246 g/mol. The zero-order chi connectivity index (χ0) is 13.0. The molecule has 2 aromatic rings. The Labute approximate surface area is 112 Å². The predicted octanol–water partition coefficient (Wildman–Crippen LogP) is 2.79. The van der Waals surface area contributed by atoms with Gasteiger partial charge in [-0.2, -0.15) is 0 Å². The first-order valence-electron chi connectivity index (χ1n) is 5.82. The summed E-state index contributed by atoms with van der Waals surface area (Å²) >= 11 is 5.87. The summed E-state index contributed by atoms with van der Waals surface area (Å²) in [7, 11) is 0. The Bertz CT molecular complexity index is 511. The van der Waals surface area contributed by atoms with Crippen LogP contribution in [0.3, 0.4) is 0 Å². The maximum Gasteiger partial charge on any atom is 0.0501 e. The van der Waals surface area contributed by atoms with E-state index in [1.165, 1.54) is 5.56 Å². The largest absolute Gasteiger partial charge is 0.271 e. The first kappa shape index (κ1) is 13.0. The normalized spacial score (nSPS) is 12.4. The van der Waals surface area contributed by atoms with Crippen LogP contribution in [0.5, 0.6) is 0 Å². The predicted molar refractivity (Wildman–Crippen MR) is 74.2 cm³/mol. The average Bonchev–Trinajstić information content (AvgIpc) is 2.38. The third-order valence-corrected chi connectivity index (χ3v) is 3.13. The van der Waals surface area contributed by atoms with E-state index in [2.05, 4.69) is 10.4 Å². The van der Waals surface area contributed by atoms with Gasteiger partial charge in [0.05, 0.1) is 6.04 Å². The number of aryl methyl sites for hydroxylation is 1. The summed E-state index contributed by atoms with van der Waals surface area (Å²) in [5.41, 5.74) is 6.17. The van der Waals surface area contributed by atoms with Crippen LogP contribution in [0.15, 0.2) is 42.6 Å². The highest BCUT2D eigenvalue weighted by atomic mass is 35.5. The van der Waals surface area contributed by atoms with Crippen molar-refractivity contribution in [2.75, 3.05) is 0 Å². The third-order valence-electron chi connectivity index (χ3n) is 2.88. The zero-order valence-electron chi connectivity index (χ0n) is 10.2. The Morgan fingerprint density at radius 1 is 1.28 bits per heavy atom. The molecule has 1 heterocycles. The molecule has 0 radical (unpaired) electrons. The molecule has 0 aliphatic rings. The van der Waals surface area contributed by atoms with Crippen LogP contribution in [0.2, 0.25) is 5.02 Å². The van der Waals surface area contributed by atoms with Crippen LogP contribution in [0.1, 0.15) is 22.9 Å². The lowest BCUT2D eigenvalue weighted by Gasteiger charge is -2.16. The highest BCUT2D eigenvalue weighted by molar-refractivity contribution is 6.30. The van der Waals surface area contributed by atoms with Crippen molar-refractivity contribution in [3.8, 4) is 0 Å². The van der Waals surface area contributed by atoms with Crippen LogP contribution >= 0.6 is 11.6 Å². The smallest absolute Gasteiger partial charge is 0.0501 e. The van der Waals surface area contributed by atoms with Crippen molar-refractivity contribution in [2.45, 2.75) is 19.4 Å². The van der Waals surface area contributed by atoms with E-state index in [-0.39, 0.29) is 6.04 Å². The second-order valence-corrected chi connectivity index (χ2v) is 4.72. The van der Waals surface area contributed by atoms with E-state index in [9.17, 15) is 0 Å². The lowest BCUT2D eigenvalue weighted by atomic mass is 10.00. The van der Waals surface area contributed by atoms with Gasteiger partial charge in [0.15, 0.2) is 0 Å². The number of nitrogens with zero attached hydrogens (tertiary/aromatic N) is 1. The van der Waals surface area contributed by atoms with E-state index in [0.717, 1.165) is 22.7 Å². The number of hydrogen-bond acceptors (Lipinski definition) is 3. The second-order valence-electron chi connectivity index (χ2n) is 4.28. The molecule has 1 aromatic heterocycles. The Balaban J connectivity index is 2.17. The molecule has 4 heteroatoms. The minimum atomic E-state index is 0.0767. The van der Waals surface area contributed by atoms with Gasteiger partial charge in [-0.3, -0.25) is 16.3 Å². The molecule has 1 aromatic carbocycles. The highest BCUT2D eigenvalue weighted by Gasteiger charge is 2.10. The van der Waals surface area contributed by atoms with Gasteiger partial charge in [0.25, 0.3) is 0 Å². The molecule has 3 nitrogen and oxygen atoms in total. The van der Waals surface area contributed by atoms with Crippen LogP contribution in [0.25, 0.3) is 0 Å². The summed E-state index contributed by atoms with van der Waals surface area (Å²) in [5, 5.41) is 0.746. The molecule has 0 spiro atoms. The Hall–Kier alpha value is -1.42. The molecule has 0 amide bonds. The summed E-state index contributed by atoms with van der Waals surface area (Å²) in [6.45, 7) is 1.97. The maximum absolute atomic E-state index is 5.87. The van der Waals surface area contributed by atoms with Crippen molar-refractivity contribution in [1.29, 1.82) is 0 Å². The lowest BCUT2D eigenvalue weighted by molar-refractivity contribution is 0.551. The molecule has 0 fully saturated rings. The number of nitrogens with one attached hydrogen (secondary N) is 1. The number of aromatic nitrogens is 1. The Kier molecular flexibility index (Phi) is 4.31. The number of pyridine rings is 1. The molecule has 1 atom stereocenters. The monoisotopic (exact) mass is 261 g/mol. The standard InChI is InChI=1S/C14H16ClN3/c1-10-8-12(6-7-17-10)14(18-16)9-11-2-4-13(15)5-3-11/h2-8,14,18H,9,16H2,1H3. The molecule has 0 saturated heterocycles. The van der Waals surface area contributed by atoms with Gasteiger partial charge in [-0.1, -0.05) is 23.7 Å². The van der Waals surface area contributed by atoms with E-state index in [0.29, 0.717) is 0 Å². The van der Waals surface area contributed by atoms with E-state index in [1.807, 2.05) is 43.3 Å². The summed E-state index contributed by atoms with van der Waals surface area (Å²) in [6, 6.07) is 11.9. The fourth-order valence-electron chi connectivity index (χ4n) is 1.91. The van der Waals surface area contributed by atoms with E-state index in [1.54, 1.807) is 6.20 Å². The van der Waals surface area contributed by atoms with Crippen molar-refractivity contribution in [1.82, 2.24) is 10.4 Å². The number of nitrogens with two attached hydrogens (primary N) is 1. The van der Waals surface area contributed by atoms with Crippen LogP contribution in [-0.2, 0) is 6.42 Å². The molecule has 94 valence electrons.